The van der Waals surface area contributed by atoms with E-state index in [4.69, 9.17) is 9.47 Å². The summed E-state index contributed by atoms with van der Waals surface area (Å²) in [6.07, 6.45) is 2.63. The Morgan fingerprint density at radius 2 is 1.79 bits per heavy atom. The summed E-state index contributed by atoms with van der Waals surface area (Å²) in [4.78, 5) is 28.3. The number of sulfonamides is 1. The molecular formula is C30H43FN4O7S. The Hall–Kier alpha value is -3.26. The largest absolute Gasteiger partial charge is 0.490 e. The minimum atomic E-state index is -3.46. The van der Waals surface area contributed by atoms with Gasteiger partial charge in [0, 0.05) is 44.0 Å². The van der Waals surface area contributed by atoms with Crippen molar-refractivity contribution in [1.82, 2.24) is 9.21 Å². The first kappa shape index (κ1) is 34.2. The van der Waals surface area contributed by atoms with Crippen molar-refractivity contribution in [3.63, 3.8) is 0 Å². The zero-order valence-electron chi connectivity index (χ0n) is 25.4. The fourth-order valence-electron chi connectivity index (χ4n) is 4.68. The van der Waals surface area contributed by atoms with Gasteiger partial charge in [0.2, 0.25) is 10.0 Å². The van der Waals surface area contributed by atoms with Gasteiger partial charge in [-0.2, -0.15) is 0 Å². The molecule has 3 N–H and O–H groups in total. The molecule has 0 unspecified atom stereocenters. The van der Waals surface area contributed by atoms with Crippen LogP contribution in [0.2, 0.25) is 0 Å². The van der Waals surface area contributed by atoms with Crippen LogP contribution >= 0.6 is 0 Å². The fourth-order valence-corrected chi connectivity index (χ4v) is 5.10. The molecule has 0 saturated heterocycles. The fraction of sp³-hybridized carbons (Fsp3) is 0.533. The number of benzene rings is 2. The smallest absolute Gasteiger partial charge is 0.323 e. The van der Waals surface area contributed by atoms with Crippen LogP contribution in [-0.2, 0) is 14.8 Å². The molecule has 0 fully saturated rings. The van der Waals surface area contributed by atoms with Crippen molar-refractivity contribution in [3.05, 3.63) is 53.8 Å². The third-order valence-electron chi connectivity index (χ3n) is 7.41. The molecule has 2 aromatic carbocycles. The van der Waals surface area contributed by atoms with Crippen molar-refractivity contribution in [2.75, 3.05) is 50.2 Å². The number of aliphatic hydroxyl groups excluding tert-OH is 1. The van der Waals surface area contributed by atoms with Gasteiger partial charge in [-0.15, -0.1) is 0 Å². The number of anilines is 2. The number of ether oxygens (including phenoxy) is 2. The van der Waals surface area contributed by atoms with Crippen LogP contribution in [0.1, 0.15) is 50.4 Å². The number of urea groups is 1. The Morgan fingerprint density at radius 1 is 1.14 bits per heavy atom. The van der Waals surface area contributed by atoms with Crippen LogP contribution in [0, 0.1) is 11.7 Å². The highest BCUT2D eigenvalue weighted by Gasteiger charge is 2.31. The van der Waals surface area contributed by atoms with Crippen LogP contribution in [0.25, 0.3) is 0 Å². The van der Waals surface area contributed by atoms with Crippen molar-refractivity contribution < 1.29 is 37.0 Å². The molecule has 3 rings (SSSR count). The van der Waals surface area contributed by atoms with Crippen molar-refractivity contribution in [3.8, 4) is 5.75 Å². The molecule has 13 heteroatoms. The van der Waals surface area contributed by atoms with Gasteiger partial charge >= 0.3 is 6.03 Å². The maximum atomic E-state index is 14.1. The number of halogens is 1. The highest BCUT2D eigenvalue weighted by Crippen LogP contribution is 2.28. The summed E-state index contributed by atoms with van der Waals surface area (Å²) in [5, 5.41) is 15.4. The van der Waals surface area contributed by atoms with Gasteiger partial charge in [0.25, 0.3) is 5.91 Å². The highest BCUT2D eigenvalue weighted by atomic mass is 32.2. The summed E-state index contributed by atoms with van der Waals surface area (Å²) in [7, 11) is -1.96. The summed E-state index contributed by atoms with van der Waals surface area (Å²) < 4.78 is 51.1. The van der Waals surface area contributed by atoms with Gasteiger partial charge in [0.15, 0.2) is 0 Å². The zero-order chi connectivity index (χ0) is 31.7. The maximum absolute atomic E-state index is 14.1. The quantitative estimate of drug-likeness (QED) is 0.422. The van der Waals surface area contributed by atoms with Crippen LogP contribution in [0.15, 0.2) is 42.5 Å². The molecule has 3 amide bonds. The lowest BCUT2D eigenvalue weighted by Crippen LogP contribution is -2.47. The van der Waals surface area contributed by atoms with Crippen LogP contribution < -0.4 is 15.4 Å². The first-order chi connectivity index (χ1) is 20.3. The Labute approximate surface area is 253 Å². The lowest BCUT2D eigenvalue weighted by Gasteiger charge is -2.35. The Bertz CT molecular complexity index is 1340. The molecule has 0 radical (unpaired) electrons. The standard InChI is InChI=1S/C30H43FN4O7S/c1-20-17-35(21(2)19-36)29(37)26-16-25(33-30(38)32-24-11-9-23(31)10-12-24)13-14-27(26)42-22(3)8-6-7-15-41-28(20)18-34(4)43(5,39)40/h9-14,16,20-22,28,36H,6-8,15,17-19H2,1-5H3,(H2,32,33,38)/t20-,21+,22+,28+/m0/s1. The normalized spacial score (nSPS) is 21.3. The van der Waals surface area contributed by atoms with Crippen molar-refractivity contribution in [2.24, 2.45) is 5.92 Å². The average Bonchev–Trinajstić information content (AvgIpc) is 2.95. The Balaban J connectivity index is 1.94. The van der Waals surface area contributed by atoms with Gasteiger partial charge in [0.1, 0.15) is 11.6 Å². The number of fused-ring (bicyclic) bond motifs is 1. The number of carbonyl (C=O) groups excluding carboxylic acids is 2. The Kier molecular flexibility index (Phi) is 12.3. The van der Waals surface area contributed by atoms with E-state index in [2.05, 4.69) is 10.6 Å². The molecule has 238 valence electrons. The molecule has 0 aromatic heterocycles. The van der Waals surface area contributed by atoms with Gasteiger partial charge in [-0.25, -0.2) is 21.9 Å². The number of hydrogen-bond acceptors (Lipinski definition) is 7. The van der Waals surface area contributed by atoms with Crippen molar-refractivity contribution >= 4 is 33.3 Å². The van der Waals surface area contributed by atoms with Crippen molar-refractivity contribution in [1.29, 1.82) is 0 Å². The highest BCUT2D eigenvalue weighted by molar-refractivity contribution is 7.88. The monoisotopic (exact) mass is 622 g/mol. The van der Waals surface area contributed by atoms with E-state index < -0.39 is 39.9 Å². The number of nitrogens with zero attached hydrogens (tertiary/aromatic N) is 2. The molecule has 0 aliphatic carbocycles. The molecule has 4 atom stereocenters. The van der Waals surface area contributed by atoms with E-state index in [9.17, 15) is 27.5 Å². The number of aliphatic hydroxyl groups is 1. The van der Waals surface area contributed by atoms with Crippen molar-refractivity contribution in [2.45, 2.75) is 58.3 Å². The maximum Gasteiger partial charge on any atom is 0.323 e. The minimum absolute atomic E-state index is 0.114. The number of nitrogens with one attached hydrogen (secondary N) is 2. The second-order valence-corrected chi connectivity index (χ2v) is 13.2. The molecule has 1 heterocycles. The predicted molar refractivity (Wildman–Crippen MR) is 163 cm³/mol. The van der Waals surface area contributed by atoms with E-state index in [1.165, 1.54) is 46.6 Å². The van der Waals surface area contributed by atoms with Crippen LogP contribution in [0.3, 0.4) is 0 Å². The average molecular weight is 623 g/mol. The van der Waals surface area contributed by atoms with Gasteiger partial charge in [0.05, 0.1) is 36.7 Å². The second-order valence-electron chi connectivity index (χ2n) is 11.1. The summed E-state index contributed by atoms with van der Waals surface area (Å²) in [5.74, 6) is -0.811. The van der Waals surface area contributed by atoms with Gasteiger partial charge in [-0.05, 0) is 75.6 Å². The second kappa shape index (κ2) is 15.5. The summed E-state index contributed by atoms with van der Waals surface area (Å²) in [6.45, 7) is 5.90. The zero-order valence-corrected chi connectivity index (χ0v) is 26.2. The number of hydrogen-bond donors (Lipinski definition) is 3. The molecular weight excluding hydrogens is 579 g/mol. The summed E-state index contributed by atoms with van der Waals surface area (Å²) in [5.41, 5.74) is 0.909. The van der Waals surface area contributed by atoms with Crippen LogP contribution in [0.4, 0.5) is 20.6 Å². The lowest BCUT2D eigenvalue weighted by molar-refractivity contribution is -0.00828. The number of amides is 3. The minimum Gasteiger partial charge on any atom is -0.490 e. The lowest BCUT2D eigenvalue weighted by atomic mass is 10.0. The van der Waals surface area contributed by atoms with E-state index >= 15 is 0 Å². The molecule has 11 nitrogen and oxygen atoms in total. The van der Waals surface area contributed by atoms with E-state index in [1.807, 2.05) is 13.8 Å². The molecule has 1 aliphatic heterocycles. The first-order valence-electron chi connectivity index (χ1n) is 14.4. The topological polar surface area (TPSA) is 138 Å². The van der Waals surface area contributed by atoms with E-state index in [0.717, 1.165) is 19.1 Å². The third-order valence-corrected chi connectivity index (χ3v) is 8.70. The summed E-state index contributed by atoms with van der Waals surface area (Å²) >= 11 is 0. The number of likely N-dealkylation sites (N-methyl/N-ethyl adjacent to an activating group) is 1. The molecule has 43 heavy (non-hydrogen) atoms. The van der Waals surface area contributed by atoms with Gasteiger partial charge in [-0.3, -0.25) is 4.79 Å². The number of rotatable bonds is 7. The van der Waals surface area contributed by atoms with E-state index in [-0.39, 0.29) is 37.3 Å². The number of carbonyl (C=O) groups is 2. The third kappa shape index (κ3) is 10.2. The van der Waals surface area contributed by atoms with Gasteiger partial charge in [-0.1, -0.05) is 6.92 Å². The first-order valence-corrected chi connectivity index (χ1v) is 16.2. The van der Waals surface area contributed by atoms with Crippen LogP contribution in [0.5, 0.6) is 5.75 Å². The van der Waals surface area contributed by atoms with E-state index in [0.29, 0.717) is 30.2 Å². The SMILES string of the molecule is C[C@@H]1CCCCO[C@H](CN(C)S(C)(=O)=O)[C@@H](C)CN([C@H](C)CO)C(=O)c2cc(NC(=O)Nc3ccc(F)cc3)ccc2O1. The van der Waals surface area contributed by atoms with Crippen LogP contribution in [-0.4, -0.2) is 92.5 Å². The van der Waals surface area contributed by atoms with E-state index in [1.54, 1.807) is 19.1 Å². The molecule has 0 saturated carbocycles. The molecule has 1 aliphatic rings. The van der Waals surface area contributed by atoms with Gasteiger partial charge < -0.3 is 30.1 Å². The molecule has 2 aromatic rings. The molecule has 0 spiro atoms. The molecule has 0 bridgehead atoms. The summed E-state index contributed by atoms with van der Waals surface area (Å²) in [6, 6.07) is 8.91. The predicted octanol–water partition coefficient (Wildman–Crippen LogP) is 4.16. The Morgan fingerprint density at radius 3 is 2.44 bits per heavy atom.